The Morgan fingerprint density at radius 3 is 2.81 bits per heavy atom. The number of hydrogen-bond donors (Lipinski definition) is 1. The summed E-state index contributed by atoms with van der Waals surface area (Å²) in [6.45, 7) is 2.46. The van der Waals surface area contributed by atoms with Crippen LogP contribution in [0.1, 0.15) is 11.4 Å². The van der Waals surface area contributed by atoms with Crippen molar-refractivity contribution < 1.29 is 0 Å². The van der Waals surface area contributed by atoms with E-state index in [0.717, 1.165) is 11.4 Å². The fraction of sp³-hybridized carbons (Fsp3) is 0.182. The van der Waals surface area contributed by atoms with Crippen LogP contribution in [-0.2, 0) is 6.54 Å². The maximum absolute atomic E-state index is 5.95. The Labute approximate surface area is 98.7 Å². The molecule has 0 unspecified atom stereocenters. The molecule has 2 rings (SSSR count). The van der Waals surface area contributed by atoms with Crippen LogP contribution < -0.4 is 5.32 Å². The number of rotatable bonds is 3. The molecule has 0 fully saturated rings. The molecule has 0 spiro atoms. The molecule has 0 aliphatic heterocycles. The Balaban J connectivity index is 2.02. The second-order valence-corrected chi connectivity index (χ2v) is 3.74. The summed E-state index contributed by atoms with van der Waals surface area (Å²) in [7, 11) is 0. The summed E-state index contributed by atoms with van der Waals surface area (Å²) in [6.07, 6.45) is 5.16. The highest BCUT2D eigenvalue weighted by atomic mass is 35.5. The zero-order chi connectivity index (χ0) is 11.4. The van der Waals surface area contributed by atoms with Gasteiger partial charge in [0.1, 0.15) is 5.82 Å². The van der Waals surface area contributed by atoms with Gasteiger partial charge in [-0.1, -0.05) is 11.6 Å². The molecule has 2 aromatic rings. The molecule has 16 heavy (non-hydrogen) atoms. The summed E-state index contributed by atoms with van der Waals surface area (Å²) in [5.41, 5.74) is 1.76. The lowest BCUT2D eigenvalue weighted by Gasteiger charge is -2.06. The van der Waals surface area contributed by atoms with E-state index in [-0.39, 0.29) is 0 Å². The topological polar surface area (TPSA) is 50.7 Å². The number of anilines is 1. The van der Waals surface area contributed by atoms with E-state index in [1.54, 1.807) is 30.7 Å². The Morgan fingerprint density at radius 2 is 2.12 bits per heavy atom. The van der Waals surface area contributed by atoms with Gasteiger partial charge in [-0.3, -0.25) is 9.97 Å². The van der Waals surface area contributed by atoms with Crippen LogP contribution in [0.25, 0.3) is 0 Å². The van der Waals surface area contributed by atoms with Crippen LogP contribution in [0.4, 0.5) is 5.82 Å². The lowest BCUT2D eigenvalue weighted by atomic mass is 10.4. The van der Waals surface area contributed by atoms with Crippen LogP contribution in [0.2, 0.25) is 5.02 Å². The van der Waals surface area contributed by atoms with Gasteiger partial charge < -0.3 is 5.32 Å². The minimum atomic E-state index is 0.560. The monoisotopic (exact) mass is 234 g/mol. The zero-order valence-corrected chi connectivity index (χ0v) is 9.57. The minimum absolute atomic E-state index is 0.560. The van der Waals surface area contributed by atoms with E-state index in [9.17, 15) is 0 Å². The molecule has 4 nitrogen and oxygen atoms in total. The molecule has 0 aliphatic carbocycles. The normalized spacial score (nSPS) is 10.1. The molecular weight excluding hydrogens is 224 g/mol. The fourth-order valence-corrected chi connectivity index (χ4v) is 1.39. The highest BCUT2D eigenvalue weighted by Gasteiger charge is 2.00. The molecule has 1 N–H and O–H groups in total. The number of hydrogen-bond acceptors (Lipinski definition) is 4. The molecule has 0 aromatic carbocycles. The molecular formula is C11H11ClN4. The third-order valence-electron chi connectivity index (χ3n) is 2.03. The van der Waals surface area contributed by atoms with Gasteiger partial charge in [-0.25, -0.2) is 4.98 Å². The molecule has 2 aromatic heterocycles. The average Bonchev–Trinajstić information content (AvgIpc) is 2.30. The second kappa shape index (κ2) is 4.90. The van der Waals surface area contributed by atoms with Crippen molar-refractivity contribution in [3.63, 3.8) is 0 Å². The first-order valence-electron chi connectivity index (χ1n) is 4.87. The van der Waals surface area contributed by atoms with Crippen molar-refractivity contribution in [3.05, 3.63) is 47.1 Å². The zero-order valence-electron chi connectivity index (χ0n) is 8.81. The summed E-state index contributed by atoms with van der Waals surface area (Å²) in [5.74, 6) is 0.659. The van der Waals surface area contributed by atoms with E-state index in [4.69, 9.17) is 11.6 Å². The van der Waals surface area contributed by atoms with Crippen LogP contribution in [-0.4, -0.2) is 15.0 Å². The van der Waals surface area contributed by atoms with Gasteiger partial charge >= 0.3 is 0 Å². The largest absolute Gasteiger partial charge is 0.363 e. The van der Waals surface area contributed by atoms with E-state index < -0.39 is 0 Å². The van der Waals surface area contributed by atoms with Gasteiger partial charge in [-0.2, -0.15) is 0 Å². The smallest absolute Gasteiger partial charge is 0.145 e. The number of halogens is 1. The molecule has 0 saturated heterocycles. The molecule has 0 saturated carbocycles. The highest BCUT2D eigenvalue weighted by Crippen LogP contribution is 2.17. The summed E-state index contributed by atoms with van der Waals surface area (Å²) in [6, 6.07) is 3.58. The van der Waals surface area contributed by atoms with Crippen LogP contribution in [0.5, 0.6) is 0 Å². The van der Waals surface area contributed by atoms with Crippen LogP contribution in [0.15, 0.2) is 30.7 Å². The first-order valence-corrected chi connectivity index (χ1v) is 5.25. The highest BCUT2D eigenvalue weighted by molar-refractivity contribution is 6.32. The number of aromatic nitrogens is 3. The SMILES string of the molecule is Cc1cnc(CNc2ncccc2Cl)cn1. The van der Waals surface area contributed by atoms with E-state index in [2.05, 4.69) is 20.3 Å². The van der Waals surface area contributed by atoms with Crippen LogP contribution in [0.3, 0.4) is 0 Å². The number of nitrogens with one attached hydrogen (secondary N) is 1. The Kier molecular flexibility index (Phi) is 3.31. The van der Waals surface area contributed by atoms with Gasteiger partial charge in [0.15, 0.2) is 0 Å². The number of aryl methyl sites for hydroxylation is 1. The molecule has 0 bridgehead atoms. The summed E-state index contributed by atoms with van der Waals surface area (Å²) in [4.78, 5) is 12.5. The van der Waals surface area contributed by atoms with Crippen molar-refractivity contribution >= 4 is 17.4 Å². The average molecular weight is 235 g/mol. The van der Waals surface area contributed by atoms with Crippen molar-refractivity contribution in [3.8, 4) is 0 Å². The predicted octanol–water partition coefficient (Wildman–Crippen LogP) is 2.45. The molecule has 0 atom stereocenters. The van der Waals surface area contributed by atoms with Gasteiger partial charge in [-0.15, -0.1) is 0 Å². The number of nitrogens with zero attached hydrogens (tertiary/aromatic N) is 3. The van der Waals surface area contributed by atoms with E-state index >= 15 is 0 Å². The number of pyridine rings is 1. The minimum Gasteiger partial charge on any atom is -0.363 e. The van der Waals surface area contributed by atoms with Crippen LogP contribution >= 0.6 is 11.6 Å². The molecule has 82 valence electrons. The van der Waals surface area contributed by atoms with Gasteiger partial charge in [0, 0.05) is 12.4 Å². The standard InChI is InChI=1S/C11H11ClN4/c1-8-5-15-9(6-14-8)7-16-11-10(12)3-2-4-13-11/h2-6H,7H2,1H3,(H,13,16). The second-order valence-electron chi connectivity index (χ2n) is 3.34. The predicted molar refractivity (Wildman–Crippen MR) is 63.3 cm³/mol. The maximum atomic E-state index is 5.95. The summed E-state index contributed by atoms with van der Waals surface area (Å²) >= 11 is 5.95. The van der Waals surface area contributed by atoms with Crippen molar-refractivity contribution in [1.82, 2.24) is 15.0 Å². The first kappa shape index (κ1) is 10.8. The van der Waals surface area contributed by atoms with Crippen molar-refractivity contribution in [1.29, 1.82) is 0 Å². The van der Waals surface area contributed by atoms with Gasteiger partial charge in [-0.05, 0) is 19.1 Å². The third-order valence-corrected chi connectivity index (χ3v) is 2.33. The molecule has 2 heterocycles. The maximum Gasteiger partial charge on any atom is 0.145 e. The molecule has 5 heteroatoms. The van der Waals surface area contributed by atoms with Gasteiger partial charge in [0.25, 0.3) is 0 Å². The fourth-order valence-electron chi connectivity index (χ4n) is 1.20. The van der Waals surface area contributed by atoms with Gasteiger partial charge in [0.2, 0.25) is 0 Å². The van der Waals surface area contributed by atoms with Crippen molar-refractivity contribution in [2.24, 2.45) is 0 Å². The lowest BCUT2D eigenvalue weighted by Crippen LogP contribution is -2.04. The van der Waals surface area contributed by atoms with Gasteiger partial charge in [0.05, 0.1) is 29.2 Å². The molecule has 0 amide bonds. The summed E-state index contributed by atoms with van der Waals surface area (Å²) in [5, 5.41) is 3.70. The Hall–Kier alpha value is -1.68. The quantitative estimate of drug-likeness (QED) is 0.886. The lowest BCUT2D eigenvalue weighted by molar-refractivity contribution is 0.977. The third kappa shape index (κ3) is 2.67. The van der Waals surface area contributed by atoms with Crippen molar-refractivity contribution in [2.45, 2.75) is 13.5 Å². The van der Waals surface area contributed by atoms with Crippen molar-refractivity contribution in [2.75, 3.05) is 5.32 Å². The Morgan fingerprint density at radius 1 is 1.25 bits per heavy atom. The summed E-state index contributed by atoms with van der Waals surface area (Å²) < 4.78 is 0. The Bertz CT molecular complexity index is 470. The first-order chi connectivity index (χ1) is 7.75. The van der Waals surface area contributed by atoms with E-state index in [1.807, 2.05) is 6.92 Å². The van der Waals surface area contributed by atoms with E-state index in [0.29, 0.717) is 17.4 Å². The van der Waals surface area contributed by atoms with E-state index in [1.165, 1.54) is 0 Å². The molecule has 0 radical (unpaired) electrons. The molecule has 0 aliphatic rings. The van der Waals surface area contributed by atoms with Crippen LogP contribution in [0, 0.1) is 6.92 Å².